The van der Waals surface area contributed by atoms with E-state index in [0.717, 1.165) is 47.2 Å². The van der Waals surface area contributed by atoms with Crippen LogP contribution in [0.2, 0.25) is 0 Å². The Kier molecular flexibility index (Phi) is 12.5. The number of aliphatic imine (C=N–C) groups is 1. The average Bonchev–Trinajstić information content (AvgIpc) is 3.27. The molecule has 1 aliphatic rings. The van der Waals surface area contributed by atoms with Gasteiger partial charge in [0.2, 0.25) is 0 Å². The quantitative estimate of drug-likeness (QED) is 0.436. The van der Waals surface area contributed by atoms with Gasteiger partial charge in [-0.15, -0.1) is 0 Å². The largest absolute Gasteiger partial charge is 0.444 e. The summed E-state index contributed by atoms with van der Waals surface area (Å²) in [6.07, 6.45) is 6.92. The molecule has 1 N–H and O–H groups in total. The van der Waals surface area contributed by atoms with E-state index in [9.17, 15) is 4.79 Å². The normalized spacial score (nSPS) is 20.2. The summed E-state index contributed by atoms with van der Waals surface area (Å²) >= 11 is 0. The Hall–Kier alpha value is -2.78. The van der Waals surface area contributed by atoms with E-state index in [1.807, 2.05) is 34.0 Å². The summed E-state index contributed by atoms with van der Waals surface area (Å²) < 4.78 is 10.9. The lowest BCUT2D eigenvalue weighted by molar-refractivity contribution is 0.0260. The number of nitrogens with zero attached hydrogens (tertiary/aromatic N) is 5. The van der Waals surface area contributed by atoms with Crippen molar-refractivity contribution in [3.05, 3.63) is 34.5 Å². The Labute approximate surface area is 248 Å². The molecule has 1 aromatic rings. The number of methoxy groups -OCH3 is 1. The SMILES string of the molecule is C=C(C=c1[nH]cc(COC)c1=CC)C1CC(N(C)CC)N=C(N(C)CC(C)C(C)CN(C)C(=O)OC(C)(C)C)N1C. The smallest absolute Gasteiger partial charge is 0.410 e. The maximum Gasteiger partial charge on any atom is 0.410 e. The predicted molar refractivity (Wildman–Crippen MR) is 170 cm³/mol. The lowest BCUT2D eigenvalue weighted by Crippen LogP contribution is -2.54. The van der Waals surface area contributed by atoms with Crippen molar-refractivity contribution in [2.24, 2.45) is 16.8 Å². The van der Waals surface area contributed by atoms with Gasteiger partial charge in [-0.25, -0.2) is 9.79 Å². The molecule has 9 nitrogen and oxygen atoms in total. The van der Waals surface area contributed by atoms with Crippen molar-refractivity contribution in [3.8, 4) is 0 Å². The summed E-state index contributed by atoms with van der Waals surface area (Å²) in [7, 11) is 9.88. The average molecular weight is 573 g/mol. The van der Waals surface area contributed by atoms with Crippen LogP contribution < -0.4 is 10.6 Å². The minimum absolute atomic E-state index is 0.0553. The molecule has 9 heteroatoms. The third-order valence-electron chi connectivity index (χ3n) is 8.02. The molecule has 4 atom stereocenters. The first-order chi connectivity index (χ1) is 19.1. The molecule has 1 aliphatic heterocycles. The summed E-state index contributed by atoms with van der Waals surface area (Å²) in [6.45, 7) is 21.7. The number of carbonyl (C=O) groups is 1. The minimum Gasteiger partial charge on any atom is -0.444 e. The second kappa shape index (κ2) is 14.9. The van der Waals surface area contributed by atoms with Crippen LogP contribution in [-0.2, 0) is 16.1 Å². The molecule has 0 aliphatic carbocycles. The Morgan fingerprint density at radius 3 is 2.44 bits per heavy atom. The van der Waals surface area contributed by atoms with E-state index in [4.69, 9.17) is 14.5 Å². The fourth-order valence-electron chi connectivity index (χ4n) is 5.26. The van der Waals surface area contributed by atoms with E-state index >= 15 is 0 Å². The predicted octanol–water partition coefficient (Wildman–Crippen LogP) is 3.71. The number of amides is 1. The number of nitrogens with one attached hydrogen (secondary N) is 1. The van der Waals surface area contributed by atoms with Crippen molar-refractivity contribution in [1.82, 2.24) is 24.6 Å². The van der Waals surface area contributed by atoms with Crippen molar-refractivity contribution in [3.63, 3.8) is 0 Å². The number of aromatic nitrogens is 1. The summed E-state index contributed by atoms with van der Waals surface area (Å²) in [6, 6.07) is 0.0915. The van der Waals surface area contributed by atoms with E-state index in [2.05, 4.69) is 87.3 Å². The maximum absolute atomic E-state index is 12.5. The van der Waals surface area contributed by atoms with Crippen LogP contribution >= 0.6 is 0 Å². The van der Waals surface area contributed by atoms with Crippen LogP contribution in [0, 0.1) is 11.8 Å². The molecule has 1 aromatic heterocycles. The zero-order chi connectivity index (χ0) is 31.1. The molecule has 2 heterocycles. The molecule has 1 amide bonds. The molecule has 4 unspecified atom stereocenters. The van der Waals surface area contributed by atoms with Crippen LogP contribution in [-0.4, -0.2) is 109 Å². The topological polar surface area (TPSA) is 76.6 Å². The molecule has 2 rings (SSSR count). The molecule has 0 fully saturated rings. The van der Waals surface area contributed by atoms with Crippen LogP contribution in [0.25, 0.3) is 12.2 Å². The summed E-state index contributed by atoms with van der Waals surface area (Å²) in [5.74, 6) is 1.55. The van der Waals surface area contributed by atoms with Gasteiger partial charge in [-0.3, -0.25) is 4.90 Å². The molecule has 41 heavy (non-hydrogen) atoms. The van der Waals surface area contributed by atoms with Gasteiger partial charge in [0.25, 0.3) is 0 Å². The highest BCUT2D eigenvalue weighted by Gasteiger charge is 2.33. The van der Waals surface area contributed by atoms with E-state index in [1.165, 1.54) is 0 Å². The number of hydrogen-bond acceptors (Lipinski definition) is 7. The monoisotopic (exact) mass is 572 g/mol. The van der Waals surface area contributed by atoms with Gasteiger partial charge in [0.1, 0.15) is 11.8 Å². The zero-order valence-corrected chi connectivity index (χ0v) is 27.7. The number of H-pyrrole nitrogens is 1. The molecule has 0 radical (unpaired) electrons. The van der Waals surface area contributed by atoms with Gasteiger partial charge >= 0.3 is 6.09 Å². The number of ether oxygens (including phenoxy) is 2. The zero-order valence-electron chi connectivity index (χ0n) is 27.7. The van der Waals surface area contributed by atoms with E-state index < -0.39 is 5.60 Å². The van der Waals surface area contributed by atoms with Gasteiger partial charge in [-0.2, -0.15) is 0 Å². The van der Waals surface area contributed by atoms with E-state index in [1.54, 1.807) is 12.0 Å². The molecule has 0 spiro atoms. The third-order valence-corrected chi connectivity index (χ3v) is 8.02. The van der Waals surface area contributed by atoms with Crippen LogP contribution in [0.15, 0.2) is 23.3 Å². The Balaban J connectivity index is 2.25. The molecule has 0 saturated carbocycles. The lowest BCUT2D eigenvalue weighted by Gasteiger charge is -2.43. The molecule has 0 aromatic carbocycles. The second-order valence-electron chi connectivity index (χ2n) is 12.6. The maximum atomic E-state index is 12.5. The molecular formula is C32H56N6O3. The fourth-order valence-corrected chi connectivity index (χ4v) is 5.26. The lowest BCUT2D eigenvalue weighted by atomic mass is 9.95. The van der Waals surface area contributed by atoms with Gasteiger partial charge < -0.3 is 29.2 Å². The molecule has 232 valence electrons. The second-order valence-corrected chi connectivity index (χ2v) is 12.6. The first kappa shape index (κ1) is 34.4. The summed E-state index contributed by atoms with van der Waals surface area (Å²) in [5, 5.41) is 2.20. The number of guanidine groups is 1. The first-order valence-corrected chi connectivity index (χ1v) is 14.8. The summed E-state index contributed by atoms with van der Waals surface area (Å²) in [4.78, 5) is 29.6. The van der Waals surface area contributed by atoms with Crippen LogP contribution in [0.4, 0.5) is 4.79 Å². The third kappa shape index (κ3) is 9.36. The van der Waals surface area contributed by atoms with E-state index in [-0.39, 0.29) is 24.2 Å². The highest BCUT2D eigenvalue weighted by molar-refractivity contribution is 5.81. The van der Waals surface area contributed by atoms with Crippen LogP contribution in [0.3, 0.4) is 0 Å². The summed E-state index contributed by atoms with van der Waals surface area (Å²) in [5.41, 5.74) is 1.67. The molecule has 0 bridgehead atoms. The van der Waals surface area contributed by atoms with Gasteiger partial charge in [0, 0.05) is 70.1 Å². The number of rotatable bonds is 11. The van der Waals surface area contributed by atoms with Crippen molar-refractivity contribution in [2.45, 2.75) is 79.3 Å². The van der Waals surface area contributed by atoms with Gasteiger partial charge in [0.05, 0.1) is 12.6 Å². The van der Waals surface area contributed by atoms with Gasteiger partial charge in [0.15, 0.2) is 5.96 Å². The van der Waals surface area contributed by atoms with Gasteiger partial charge in [-0.1, -0.05) is 33.4 Å². The fraction of sp³-hybridized carbons (Fsp3) is 0.688. The highest BCUT2D eigenvalue weighted by atomic mass is 16.6. The van der Waals surface area contributed by atoms with E-state index in [0.29, 0.717) is 19.1 Å². The Bertz CT molecular complexity index is 1170. The standard InChI is InChI=1S/C32H56N6O3/c1-14-26-25(21-40-13)18-33-27(26)16-22(3)28-17-29(35(9)15-2)34-30(38(28)12)36(10)19-23(4)24(5)20-37(11)31(39)41-32(6,7)8/h14,16,18,23-24,28-29,33H,3,15,17,19-21H2,1-2,4-13H3. The van der Waals surface area contributed by atoms with Crippen molar-refractivity contribution in [2.75, 3.05) is 54.9 Å². The molecule has 0 saturated heterocycles. The first-order valence-electron chi connectivity index (χ1n) is 14.8. The highest BCUT2D eigenvalue weighted by Crippen LogP contribution is 2.25. The van der Waals surface area contributed by atoms with Gasteiger partial charge in [-0.05, 0) is 64.8 Å². The van der Waals surface area contributed by atoms with Crippen molar-refractivity contribution in [1.29, 1.82) is 0 Å². The van der Waals surface area contributed by atoms with Crippen molar-refractivity contribution < 1.29 is 14.3 Å². The van der Waals surface area contributed by atoms with Crippen LogP contribution in [0.1, 0.15) is 60.5 Å². The van der Waals surface area contributed by atoms with Crippen molar-refractivity contribution >= 4 is 24.2 Å². The Morgan fingerprint density at radius 2 is 1.88 bits per heavy atom. The van der Waals surface area contributed by atoms with Crippen LogP contribution in [0.5, 0.6) is 0 Å². The number of aromatic amines is 1. The molecular weight excluding hydrogens is 516 g/mol. The number of carbonyl (C=O) groups excluding carboxylic acids is 1. The number of likely N-dealkylation sites (N-methyl/N-ethyl adjacent to an activating group) is 1. The number of hydrogen-bond donors (Lipinski definition) is 1. The minimum atomic E-state index is -0.506. The Morgan fingerprint density at radius 1 is 1.24 bits per heavy atom.